The van der Waals surface area contributed by atoms with E-state index in [1.165, 1.54) is 9.47 Å². The summed E-state index contributed by atoms with van der Waals surface area (Å²) in [5, 5.41) is 12.2. The number of likely N-dealkylation sites (tertiary alicyclic amines) is 1. The molecule has 2 aliphatic rings. The van der Waals surface area contributed by atoms with Gasteiger partial charge < -0.3 is 19.9 Å². The van der Waals surface area contributed by atoms with Crippen LogP contribution in [0, 0.1) is 25.2 Å². The molecule has 0 aliphatic carbocycles. The number of fused-ring (bicyclic) bond motifs is 1. The van der Waals surface area contributed by atoms with E-state index >= 15 is 0 Å². The number of carbonyl (C=O) groups is 3. The summed E-state index contributed by atoms with van der Waals surface area (Å²) in [7, 11) is 0. The van der Waals surface area contributed by atoms with E-state index in [9.17, 15) is 24.3 Å². The second-order valence-corrected chi connectivity index (χ2v) is 6.81. The predicted molar refractivity (Wildman–Crippen MR) is 88.3 cm³/mol. The zero-order valence-electron chi connectivity index (χ0n) is 14.5. The number of carbonyl (C=O) groups excluding carboxylic acids is 2. The maximum absolute atomic E-state index is 13.0. The van der Waals surface area contributed by atoms with Gasteiger partial charge in [0.05, 0.1) is 5.92 Å². The highest BCUT2D eigenvalue weighted by molar-refractivity contribution is 5.99. The van der Waals surface area contributed by atoms with Crippen molar-refractivity contribution < 1.29 is 19.5 Å². The van der Waals surface area contributed by atoms with Crippen LogP contribution in [0.15, 0.2) is 10.9 Å². The van der Waals surface area contributed by atoms with E-state index in [0.29, 0.717) is 12.1 Å². The van der Waals surface area contributed by atoms with Crippen molar-refractivity contribution in [2.45, 2.75) is 27.3 Å². The molecule has 2 saturated heterocycles. The second-order valence-electron chi connectivity index (χ2n) is 6.81. The van der Waals surface area contributed by atoms with Crippen LogP contribution in [0.3, 0.4) is 0 Å². The lowest BCUT2D eigenvalue weighted by Gasteiger charge is -2.22. The molecule has 0 bridgehead atoms. The minimum absolute atomic E-state index is 0.00167. The molecule has 3 rings (SSSR count). The molecule has 8 heteroatoms. The van der Waals surface area contributed by atoms with Gasteiger partial charge in [0.15, 0.2) is 0 Å². The summed E-state index contributed by atoms with van der Waals surface area (Å²) in [4.78, 5) is 50.7. The molecule has 1 aromatic heterocycles. The van der Waals surface area contributed by atoms with Gasteiger partial charge in [-0.25, -0.2) is 0 Å². The van der Waals surface area contributed by atoms with Gasteiger partial charge in [0.25, 0.3) is 11.5 Å². The largest absolute Gasteiger partial charge is 0.481 e. The Morgan fingerprint density at radius 1 is 1.36 bits per heavy atom. The van der Waals surface area contributed by atoms with E-state index in [-0.39, 0.29) is 36.7 Å². The van der Waals surface area contributed by atoms with Crippen LogP contribution in [-0.4, -0.2) is 52.0 Å². The van der Waals surface area contributed by atoms with E-state index < -0.39 is 23.2 Å². The number of hydrogen-bond donors (Lipinski definition) is 2. The highest BCUT2D eigenvalue weighted by Gasteiger charge is 2.60. The number of aryl methyl sites for hydroxylation is 2. The summed E-state index contributed by atoms with van der Waals surface area (Å²) in [5.41, 5.74) is -0.316. The SMILES string of the molecule is CCn1c(C)cc(C)c(C(=O)N2C[C@@H]3C(=O)NC[C@]3(C(=O)O)C2)c1=O. The van der Waals surface area contributed by atoms with Gasteiger partial charge in [-0.2, -0.15) is 0 Å². The van der Waals surface area contributed by atoms with Crippen molar-refractivity contribution in [1.29, 1.82) is 0 Å². The zero-order valence-corrected chi connectivity index (χ0v) is 14.5. The molecule has 2 N–H and O–H groups in total. The third kappa shape index (κ3) is 2.35. The van der Waals surface area contributed by atoms with E-state index in [2.05, 4.69) is 5.32 Å². The van der Waals surface area contributed by atoms with Gasteiger partial charge in [0.1, 0.15) is 11.0 Å². The summed E-state index contributed by atoms with van der Waals surface area (Å²) in [6.45, 7) is 5.69. The van der Waals surface area contributed by atoms with Crippen molar-refractivity contribution in [3.8, 4) is 0 Å². The molecule has 2 amide bonds. The van der Waals surface area contributed by atoms with Crippen molar-refractivity contribution in [2.75, 3.05) is 19.6 Å². The van der Waals surface area contributed by atoms with Gasteiger partial charge in [0, 0.05) is 31.9 Å². The number of nitrogens with one attached hydrogen (secondary N) is 1. The third-order valence-corrected chi connectivity index (χ3v) is 5.39. The summed E-state index contributed by atoms with van der Waals surface area (Å²) in [6, 6.07) is 1.77. The highest BCUT2D eigenvalue weighted by Crippen LogP contribution is 2.40. The molecule has 2 aliphatic heterocycles. The van der Waals surface area contributed by atoms with Gasteiger partial charge in [0.2, 0.25) is 5.91 Å². The third-order valence-electron chi connectivity index (χ3n) is 5.39. The molecule has 2 fully saturated rings. The first kappa shape index (κ1) is 17.2. The fraction of sp³-hybridized carbons (Fsp3) is 0.529. The van der Waals surface area contributed by atoms with Gasteiger partial charge in [-0.05, 0) is 32.4 Å². The number of carboxylic acid groups (broad SMARTS) is 1. The van der Waals surface area contributed by atoms with Crippen LogP contribution in [0.1, 0.15) is 28.5 Å². The lowest BCUT2D eigenvalue weighted by Crippen LogP contribution is -2.42. The Morgan fingerprint density at radius 2 is 2.04 bits per heavy atom. The Balaban J connectivity index is 2.00. The first-order valence-electron chi connectivity index (χ1n) is 8.24. The second kappa shape index (κ2) is 5.72. The van der Waals surface area contributed by atoms with Gasteiger partial charge >= 0.3 is 5.97 Å². The van der Waals surface area contributed by atoms with Gasteiger partial charge in [-0.3, -0.25) is 19.2 Å². The fourth-order valence-electron chi connectivity index (χ4n) is 3.98. The van der Waals surface area contributed by atoms with E-state index in [4.69, 9.17) is 0 Å². The molecule has 0 saturated carbocycles. The van der Waals surface area contributed by atoms with Gasteiger partial charge in [-0.1, -0.05) is 0 Å². The molecule has 2 atom stereocenters. The Bertz CT molecular complexity index is 843. The zero-order chi connectivity index (χ0) is 18.5. The quantitative estimate of drug-likeness (QED) is 0.784. The van der Waals surface area contributed by atoms with E-state index in [1.807, 2.05) is 6.92 Å². The minimum atomic E-state index is -1.31. The first-order valence-corrected chi connectivity index (χ1v) is 8.24. The van der Waals surface area contributed by atoms with Crippen molar-refractivity contribution in [2.24, 2.45) is 11.3 Å². The molecule has 134 valence electrons. The molecule has 25 heavy (non-hydrogen) atoms. The Kier molecular flexibility index (Phi) is 3.93. The molecule has 0 radical (unpaired) electrons. The predicted octanol–water partition coefficient (Wildman–Crippen LogP) is -0.242. The molecule has 3 heterocycles. The number of aromatic nitrogens is 1. The summed E-state index contributed by atoms with van der Waals surface area (Å²) < 4.78 is 1.51. The minimum Gasteiger partial charge on any atom is -0.481 e. The lowest BCUT2D eigenvalue weighted by atomic mass is 9.81. The lowest BCUT2D eigenvalue weighted by molar-refractivity contribution is -0.149. The number of nitrogens with zero attached hydrogens (tertiary/aromatic N) is 2. The van der Waals surface area contributed by atoms with Crippen molar-refractivity contribution in [3.63, 3.8) is 0 Å². The van der Waals surface area contributed by atoms with Crippen LogP contribution in [0.2, 0.25) is 0 Å². The number of amides is 2. The van der Waals surface area contributed by atoms with Crippen LogP contribution in [0.5, 0.6) is 0 Å². The Labute approximate surface area is 144 Å². The van der Waals surface area contributed by atoms with Crippen molar-refractivity contribution >= 4 is 17.8 Å². The van der Waals surface area contributed by atoms with Crippen LogP contribution in [0.25, 0.3) is 0 Å². The molecule has 0 unspecified atom stereocenters. The average molecular weight is 347 g/mol. The highest BCUT2D eigenvalue weighted by atomic mass is 16.4. The standard InChI is InChI=1S/C17H21N3O5/c1-4-20-10(3)5-9(2)12(15(20)23)14(22)19-6-11-13(21)18-7-17(11,8-19)16(24)25/h5,11H,4,6-8H2,1-3H3,(H,18,21)(H,24,25)/t11-,17+/m1/s1. The van der Waals surface area contributed by atoms with Crippen LogP contribution >= 0.6 is 0 Å². The van der Waals surface area contributed by atoms with Crippen LogP contribution in [0.4, 0.5) is 0 Å². The maximum Gasteiger partial charge on any atom is 0.314 e. The Hall–Kier alpha value is -2.64. The molecular formula is C17H21N3O5. The van der Waals surface area contributed by atoms with Gasteiger partial charge in [-0.15, -0.1) is 0 Å². The molecular weight excluding hydrogens is 326 g/mol. The molecule has 0 aromatic carbocycles. The summed E-state index contributed by atoms with van der Waals surface area (Å²) in [5.74, 6) is -2.75. The van der Waals surface area contributed by atoms with Crippen LogP contribution in [-0.2, 0) is 16.1 Å². The van der Waals surface area contributed by atoms with E-state index in [0.717, 1.165) is 5.69 Å². The van der Waals surface area contributed by atoms with E-state index in [1.54, 1.807) is 19.9 Å². The average Bonchev–Trinajstić information content (AvgIpc) is 3.06. The number of carboxylic acids is 1. The number of hydrogen-bond acceptors (Lipinski definition) is 4. The van der Waals surface area contributed by atoms with Crippen molar-refractivity contribution in [3.05, 3.63) is 33.2 Å². The fourth-order valence-corrected chi connectivity index (χ4v) is 3.98. The Morgan fingerprint density at radius 3 is 2.60 bits per heavy atom. The summed E-state index contributed by atoms with van der Waals surface area (Å²) >= 11 is 0. The molecule has 8 nitrogen and oxygen atoms in total. The molecule has 0 spiro atoms. The number of pyridine rings is 1. The molecule has 1 aromatic rings. The van der Waals surface area contributed by atoms with Crippen LogP contribution < -0.4 is 10.9 Å². The normalized spacial score (nSPS) is 25.0. The summed E-state index contributed by atoms with van der Waals surface area (Å²) in [6.07, 6.45) is 0. The first-order chi connectivity index (χ1) is 11.7. The smallest absolute Gasteiger partial charge is 0.314 e. The van der Waals surface area contributed by atoms with Crippen molar-refractivity contribution in [1.82, 2.24) is 14.8 Å². The number of aliphatic carboxylic acids is 1. The topological polar surface area (TPSA) is 109 Å². The number of rotatable bonds is 3. The monoisotopic (exact) mass is 347 g/mol. The maximum atomic E-state index is 13.0.